The van der Waals surface area contributed by atoms with E-state index in [1.54, 1.807) is 24.3 Å². The van der Waals surface area contributed by atoms with Crippen LogP contribution in [-0.4, -0.2) is 33.5 Å². The number of esters is 1. The van der Waals surface area contributed by atoms with Crippen LogP contribution in [0.25, 0.3) is 0 Å². The van der Waals surface area contributed by atoms with Crippen LogP contribution in [-0.2, 0) is 38.5 Å². The summed E-state index contributed by atoms with van der Waals surface area (Å²) in [5.41, 5.74) is 2.93. The number of allylic oxidation sites excluding steroid dienone is 4. The Hall–Kier alpha value is -3.65. The first-order valence-electron chi connectivity index (χ1n) is 11.8. The Morgan fingerprint density at radius 3 is 2.58 bits per heavy atom. The van der Waals surface area contributed by atoms with Crippen molar-refractivity contribution in [2.24, 2.45) is 0 Å². The minimum Gasteiger partial charge on any atom is -0.493 e. The number of nitrogens with zero attached hydrogens (tertiary/aromatic N) is 1. The molecule has 1 aliphatic rings. The molecule has 1 fully saturated rings. The lowest BCUT2D eigenvalue weighted by Crippen LogP contribution is -2.44. The monoisotopic (exact) mass is 506 g/mol. The fraction of sp³-hybridized carbons (Fsp3) is 0.286. The molecule has 0 radical (unpaired) electrons. The van der Waals surface area contributed by atoms with E-state index >= 15 is 0 Å². The molecule has 0 spiro atoms. The SMILES string of the molecule is C=C/C=C(\C=C/CCC1(C(=O)OCc2ccccc2)SC(=O)NC1=O)OCCc1ccc(CC)cn1. The molecule has 2 amide bonds. The highest BCUT2D eigenvalue weighted by molar-refractivity contribution is 8.16. The summed E-state index contributed by atoms with van der Waals surface area (Å²) >= 11 is 0.670. The fourth-order valence-corrected chi connectivity index (χ4v) is 4.47. The molecule has 7 nitrogen and oxygen atoms in total. The summed E-state index contributed by atoms with van der Waals surface area (Å²) < 4.78 is 9.64. The van der Waals surface area contributed by atoms with Crippen molar-refractivity contribution in [1.82, 2.24) is 10.3 Å². The predicted octanol–water partition coefficient (Wildman–Crippen LogP) is 5.07. The second kappa shape index (κ2) is 13.4. The lowest BCUT2D eigenvalue weighted by molar-refractivity contribution is -0.151. The van der Waals surface area contributed by atoms with E-state index in [1.165, 1.54) is 5.56 Å². The number of aryl methyl sites for hydroxylation is 1. The van der Waals surface area contributed by atoms with Crippen molar-refractivity contribution >= 4 is 28.9 Å². The van der Waals surface area contributed by atoms with Crippen molar-refractivity contribution < 1.29 is 23.9 Å². The summed E-state index contributed by atoms with van der Waals surface area (Å²) in [6, 6.07) is 13.2. The van der Waals surface area contributed by atoms with Gasteiger partial charge in [0.1, 0.15) is 12.4 Å². The number of pyridine rings is 1. The van der Waals surface area contributed by atoms with Crippen LogP contribution in [0, 0.1) is 0 Å². The van der Waals surface area contributed by atoms with Gasteiger partial charge in [-0.25, -0.2) is 4.79 Å². The number of aromatic nitrogens is 1. The zero-order chi connectivity index (χ0) is 25.8. The second-order valence-electron chi connectivity index (χ2n) is 8.09. The number of benzene rings is 1. The Kier molecular flexibility index (Phi) is 10.1. The minimum atomic E-state index is -1.62. The Morgan fingerprint density at radius 1 is 1.14 bits per heavy atom. The van der Waals surface area contributed by atoms with E-state index in [0.29, 0.717) is 37.0 Å². The number of hydrogen-bond donors (Lipinski definition) is 1. The maximum atomic E-state index is 12.9. The largest absolute Gasteiger partial charge is 0.493 e. The van der Waals surface area contributed by atoms with Crippen LogP contribution < -0.4 is 5.32 Å². The highest BCUT2D eigenvalue weighted by Crippen LogP contribution is 2.38. The quantitative estimate of drug-likeness (QED) is 0.175. The van der Waals surface area contributed by atoms with Gasteiger partial charge in [0.15, 0.2) is 0 Å². The van der Waals surface area contributed by atoms with Gasteiger partial charge in [0, 0.05) is 18.3 Å². The molecule has 0 aliphatic carbocycles. The number of rotatable bonds is 13. The molecule has 0 saturated carbocycles. The topological polar surface area (TPSA) is 94.6 Å². The van der Waals surface area contributed by atoms with Crippen molar-refractivity contribution in [2.45, 2.75) is 44.0 Å². The van der Waals surface area contributed by atoms with Crippen LogP contribution >= 0.6 is 11.8 Å². The molecule has 1 unspecified atom stereocenters. The first kappa shape index (κ1) is 26.9. The van der Waals surface area contributed by atoms with Crippen LogP contribution in [0.3, 0.4) is 0 Å². The van der Waals surface area contributed by atoms with Crippen LogP contribution in [0.4, 0.5) is 4.79 Å². The lowest BCUT2D eigenvalue weighted by Gasteiger charge is -2.21. The lowest BCUT2D eigenvalue weighted by atomic mass is 10.0. The van der Waals surface area contributed by atoms with Crippen molar-refractivity contribution in [3.8, 4) is 0 Å². The highest BCUT2D eigenvalue weighted by atomic mass is 32.2. The molecule has 8 heteroatoms. The van der Waals surface area contributed by atoms with Gasteiger partial charge in [-0.05, 0) is 60.4 Å². The van der Waals surface area contributed by atoms with Gasteiger partial charge in [-0.2, -0.15) is 0 Å². The molecule has 2 aromatic rings. The van der Waals surface area contributed by atoms with Crippen molar-refractivity contribution in [3.63, 3.8) is 0 Å². The molecular weight excluding hydrogens is 476 g/mol. The van der Waals surface area contributed by atoms with E-state index in [1.807, 2.05) is 42.6 Å². The van der Waals surface area contributed by atoms with Crippen molar-refractivity contribution in [3.05, 3.63) is 102 Å². The Labute approximate surface area is 215 Å². The number of carbonyl (C=O) groups excluding carboxylic acids is 3. The first-order chi connectivity index (χ1) is 17.5. The molecule has 36 heavy (non-hydrogen) atoms. The molecule has 1 saturated heterocycles. The van der Waals surface area contributed by atoms with Gasteiger partial charge in [-0.15, -0.1) is 0 Å². The van der Waals surface area contributed by atoms with E-state index in [4.69, 9.17) is 9.47 Å². The van der Waals surface area contributed by atoms with Gasteiger partial charge in [0.25, 0.3) is 11.1 Å². The standard InChI is InChI=1S/C28H30N2O5S/c1-3-10-24(34-18-16-23-15-14-21(4-2)19-29-23)13-8-9-17-28(25(31)30-27(33)36-28)26(32)35-20-22-11-6-5-7-12-22/h3,5-8,10-15,19H,1,4,9,16-18,20H2,2H3,(H,30,31,33)/b13-8-,24-10+. The summed E-state index contributed by atoms with van der Waals surface area (Å²) in [4.78, 5) is 41.8. The van der Waals surface area contributed by atoms with Gasteiger partial charge >= 0.3 is 5.97 Å². The third-order valence-corrected chi connectivity index (χ3v) is 6.73. The molecule has 1 atom stereocenters. The molecule has 0 bridgehead atoms. The van der Waals surface area contributed by atoms with Crippen molar-refractivity contribution in [2.75, 3.05) is 6.61 Å². The zero-order valence-electron chi connectivity index (χ0n) is 20.3. The van der Waals surface area contributed by atoms with Gasteiger partial charge in [-0.1, -0.05) is 62.1 Å². The second-order valence-corrected chi connectivity index (χ2v) is 9.36. The Balaban J connectivity index is 1.56. The number of ether oxygens (including phenoxy) is 2. The van der Waals surface area contributed by atoms with Crippen LogP contribution in [0.5, 0.6) is 0 Å². The van der Waals surface area contributed by atoms with E-state index in [2.05, 4.69) is 29.9 Å². The molecular formula is C28H30N2O5S. The number of hydrogen-bond acceptors (Lipinski definition) is 7. The van der Waals surface area contributed by atoms with Crippen LogP contribution in [0.15, 0.2) is 85.3 Å². The molecule has 1 aromatic carbocycles. The fourth-order valence-electron chi connectivity index (χ4n) is 3.50. The van der Waals surface area contributed by atoms with Crippen molar-refractivity contribution in [1.29, 1.82) is 0 Å². The highest BCUT2D eigenvalue weighted by Gasteiger charge is 2.54. The Morgan fingerprint density at radius 2 is 1.94 bits per heavy atom. The minimum absolute atomic E-state index is 0.0232. The predicted molar refractivity (Wildman–Crippen MR) is 140 cm³/mol. The van der Waals surface area contributed by atoms with E-state index < -0.39 is 21.9 Å². The number of amides is 2. The summed E-state index contributed by atoms with van der Waals surface area (Å²) in [5, 5.41) is 1.65. The molecule has 1 aliphatic heterocycles. The molecule has 1 N–H and O–H groups in total. The zero-order valence-corrected chi connectivity index (χ0v) is 21.1. The molecule has 3 rings (SSSR count). The van der Waals surface area contributed by atoms with E-state index in [0.717, 1.165) is 17.7 Å². The van der Waals surface area contributed by atoms with Gasteiger partial charge in [-0.3, -0.25) is 19.9 Å². The average Bonchev–Trinajstić information content (AvgIpc) is 3.19. The number of nitrogens with one attached hydrogen (secondary N) is 1. The first-order valence-corrected chi connectivity index (χ1v) is 12.6. The third-order valence-electron chi connectivity index (χ3n) is 5.54. The Bertz CT molecular complexity index is 1130. The normalized spacial score (nSPS) is 17.8. The summed E-state index contributed by atoms with van der Waals surface area (Å²) in [7, 11) is 0. The number of thioether (sulfide) groups is 1. The van der Waals surface area contributed by atoms with Gasteiger partial charge < -0.3 is 9.47 Å². The van der Waals surface area contributed by atoms with E-state index in [-0.39, 0.29) is 13.0 Å². The van der Waals surface area contributed by atoms with E-state index in [9.17, 15) is 14.4 Å². The number of imide groups is 1. The van der Waals surface area contributed by atoms with Crippen LogP contribution in [0.1, 0.15) is 36.6 Å². The molecule has 1 aromatic heterocycles. The average molecular weight is 507 g/mol. The summed E-state index contributed by atoms with van der Waals surface area (Å²) in [5.74, 6) is -0.785. The van der Waals surface area contributed by atoms with Gasteiger partial charge in [0.05, 0.1) is 6.61 Å². The summed E-state index contributed by atoms with van der Waals surface area (Å²) in [6.45, 7) is 6.26. The third kappa shape index (κ3) is 7.42. The maximum absolute atomic E-state index is 12.9. The molecule has 2 heterocycles. The molecule has 188 valence electrons. The van der Waals surface area contributed by atoms with Crippen LogP contribution in [0.2, 0.25) is 0 Å². The maximum Gasteiger partial charge on any atom is 0.332 e. The number of carbonyl (C=O) groups is 3. The summed E-state index contributed by atoms with van der Waals surface area (Å²) in [6.07, 6.45) is 10.8. The van der Waals surface area contributed by atoms with Gasteiger partial charge in [0.2, 0.25) is 4.75 Å². The smallest absolute Gasteiger partial charge is 0.332 e.